The Bertz CT molecular complexity index is 297. The highest BCUT2D eigenvalue weighted by molar-refractivity contribution is 5.77. The van der Waals surface area contributed by atoms with Gasteiger partial charge in [-0.05, 0) is 5.56 Å². The number of carbonyl (C=O) groups excluding carboxylic acids is 1. The van der Waals surface area contributed by atoms with E-state index in [1.165, 1.54) is 0 Å². The van der Waals surface area contributed by atoms with Gasteiger partial charge in [0.2, 0.25) is 11.8 Å². The summed E-state index contributed by atoms with van der Waals surface area (Å²) in [7, 11) is 1.55. The summed E-state index contributed by atoms with van der Waals surface area (Å²) in [6, 6.07) is 3.58. The van der Waals surface area contributed by atoms with Gasteiger partial charge in [0.1, 0.15) is 0 Å². The molecule has 1 rings (SSSR count). The third-order valence-electron chi connectivity index (χ3n) is 1.68. The lowest BCUT2D eigenvalue weighted by Gasteiger charge is -2.03. The minimum atomic E-state index is -0.180. The lowest BCUT2D eigenvalue weighted by atomic mass is 10.3. The van der Waals surface area contributed by atoms with Gasteiger partial charge in [-0.1, -0.05) is 6.07 Å². The molecule has 0 aromatic carbocycles. The van der Waals surface area contributed by atoms with E-state index in [0.717, 1.165) is 5.56 Å². The molecule has 14 heavy (non-hydrogen) atoms. The van der Waals surface area contributed by atoms with Crippen molar-refractivity contribution in [2.24, 2.45) is 5.73 Å². The minimum Gasteiger partial charge on any atom is -0.481 e. The molecule has 0 saturated heterocycles. The second-order valence-corrected chi connectivity index (χ2v) is 2.69. The normalized spacial score (nSPS) is 9.57. The first-order valence-corrected chi connectivity index (χ1v) is 4.22. The van der Waals surface area contributed by atoms with Crippen LogP contribution in [0.3, 0.4) is 0 Å². The monoisotopic (exact) mass is 195 g/mol. The topological polar surface area (TPSA) is 77.2 Å². The first kappa shape index (κ1) is 10.5. The Balaban J connectivity index is 2.47. The number of amides is 1. The number of nitrogens with two attached hydrogens (primary N) is 1. The Morgan fingerprint density at radius 3 is 2.93 bits per heavy atom. The Labute approximate surface area is 82.3 Å². The first-order chi connectivity index (χ1) is 6.76. The zero-order valence-corrected chi connectivity index (χ0v) is 7.99. The minimum absolute atomic E-state index is 0.00355. The zero-order valence-electron chi connectivity index (χ0n) is 7.99. The molecule has 0 radical (unpaired) electrons. The Kier molecular flexibility index (Phi) is 3.87. The molecule has 0 aliphatic carbocycles. The molecule has 1 aromatic rings. The lowest BCUT2D eigenvalue weighted by molar-refractivity contribution is -0.119. The summed E-state index contributed by atoms with van der Waals surface area (Å²) in [6.45, 7) is 0.441. The van der Waals surface area contributed by atoms with Crippen LogP contribution in [0.25, 0.3) is 0 Å². The zero-order chi connectivity index (χ0) is 10.4. The van der Waals surface area contributed by atoms with Gasteiger partial charge in [0.25, 0.3) is 0 Å². The smallest absolute Gasteiger partial charge is 0.234 e. The molecule has 3 N–H and O–H groups in total. The molecule has 0 bridgehead atoms. The maximum Gasteiger partial charge on any atom is 0.234 e. The Morgan fingerprint density at radius 2 is 2.43 bits per heavy atom. The van der Waals surface area contributed by atoms with Gasteiger partial charge in [-0.2, -0.15) is 0 Å². The number of pyridine rings is 1. The summed E-state index contributed by atoms with van der Waals surface area (Å²) in [6.07, 6.45) is 1.65. The van der Waals surface area contributed by atoms with Crippen LogP contribution in [-0.2, 0) is 11.3 Å². The van der Waals surface area contributed by atoms with Gasteiger partial charge < -0.3 is 15.8 Å². The van der Waals surface area contributed by atoms with Crippen LogP contribution < -0.4 is 15.8 Å². The van der Waals surface area contributed by atoms with Gasteiger partial charge in [0, 0.05) is 18.8 Å². The lowest BCUT2D eigenvalue weighted by Crippen LogP contribution is -2.29. The van der Waals surface area contributed by atoms with E-state index < -0.39 is 0 Å². The highest BCUT2D eigenvalue weighted by Crippen LogP contribution is 2.05. The van der Waals surface area contributed by atoms with Gasteiger partial charge >= 0.3 is 0 Å². The van der Waals surface area contributed by atoms with Crippen LogP contribution in [0.2, 0.25) is 0 Å². The summed E-state index contributed by atoms with van der Waals surface area (Å²) in [5.74, 6) is 0.375. The van der Waals surface area contributed by atoms with E-state index in [1.54, 1.807) is 19.4 Å². The summed E-state index contributed by atoms with van der Waals surface area (Å²) in [4.78, 5) is 14.8. The Morgan fingerprint density at radius 1 is 1.64 bits per heavy atom. The molecule has 76 valence electrons. The number of nitrogens with one attached hydrogen (secondary N) is 1. The quantitative estimate of drug-likeness (QED) is 0.689. The number of nitrogens with zero attached hydrogens (tertiary/aromatic N) is 1. The molecule has 0 unspecified atom stereocenters. The number of aromatic nitrogens is 1. The maximum absolute atomic E-state index is 10.8. The summed E-state index contributed by atoms with van der Waals surface area (Å²) >= 11 is 0. The van der Waals surface area contributed by atoms with Crippen molar-refractivity contribution in [1.29, 1.82) is 0 Å². The molecular formula is C9H13N3O2. The fourth-order valence-electron chi connectivity index (χ4n) is 0.909. The van der Waals surface area contributed by atoms with Gasteiger partial charge in [-0.15, -0.1) is 0 Å². The number of hydrogen-bond acceptors (Lipinski definition) is 4. The van der Waals surface area contributed by atoms with Crippen molar-refractivity contribution in [2.45, 2.75) is 6.54 Å². The highest BCUT2D eigenvalue weighted by Gasteiger charge is 1.98. The molecule has 0 fully saturated rings. The number of rotatable bonds is 4. The SMILES string of the molecule is COc1ccc(CNC(=O)CN)cn1. The van der Waals surface area contributed by atoms with E-state index in [4.69, 9.17) is 10.5 Å². The molecular weight excluding hydrogens is 182 g/mol. The van der Waals surface area contributed by atoms with Gasteiger partial charge in [0.15, 0.2) is 0 Å². The summed E-state index contributed by atoms with van der Waals surface area (Å²) in [5, 5.41) is 2.64. The summed E-state index contributed by atoms with van der Waals surface area (Å²) in [5.41, 5.74) is 6.04. The average molecular weight is 195 g/mol. The van der Waals surface area contributed by atoms with Crippen molar-refractivity contribution in [3.63, 3.8) is 0 Å². The number of hydrogen-bond donors (Lipinski definition) is 2. The molecule has 5 nitrogen and oxygen atoms in total. The van der Waals surface area contributed by atoms with Crippen molar-refractivity contribution in [3.8, 4) is 5.88 Å². The third kappa shape index (κ3) is 3.02. The molecule has 0 atom stereocenters. The molecule has 0 spiro atoms. The first-order valence-electron chi connectivity index (χ1n) is 4.22. The van der Waals surface area contributed by atoms with Crippen molar-refractivity contribution in [2.75, 3.05) is 13.7 Å². The predicted molar refractivity (Wildman–Crippen MR) is 51.7 cm³/mol. The Hall–Kier alpha value is -1.62. The van der Waals surface area contributed by atoms with Gasteiger partial charge in [-0.25, -0.2) is 4.98 Å². The van der Waals surface area contributed by atoms with E-state index in [-0.39, 0.29) is 12.5 Å². The largest absolute Gasteiger partial charge is 0.481 e. The maximum atomic E-state index is 10.8. The second-order valence-electron chi connectivity index (χ2n) is 2.69. The molecule has 1 heterocycles. The van der Waals surface area contributed by atoms with Crippen molar-refractivity contribution < 1.29 is 9.53 Å². The van der Waals surface area contributed by atoms with Crippen molar-refractivity contribution in [1.82, 2.24) is 10.3 Å². The van der Waals surface area contributed by atoms with E-state index in [9.17, 15) is 4.79 Å². The fraction of sp³-hybridized carbons (Fsp3) is 0.333. The number of methoxy groups -OCH3 is 1. The summed E-state index contributed by atoms with van der Waals surface area (Å²) < 4.78 is 4.90. The van der Waals surface area contributed by atoms with E-state index in [1.807, 2.05) is 6.07 Å². The fourth-order valence-corrected chi connectivity index (χ4v) is 0.909. The number of ether oxygens (including phenoxy) is 1. The van der Waals surface area contributed by atoms with Crippen molar-refractivity contribution >= 4 is 5.91 Å². The van der Waals surface area contributed by atoms with Crippen molar-refractivity contribution in [3.05, 3.63) is 23.9 Å². The molecule has 0 aliphatic rings. The molecule has 0 saturated carbocycles. The second kappa shape index (κ2) is 5.18. The highest BCUT2D eigenvalue weighted by atomic mass is 16.5. The van der Waals surface area contributed by atoms with Gasteiger partial charge in [-0.3, -0.25) is 4.79 Å². The molecule has 5 heteroatoms. The molecule has 1 aromatic heterocycles. The molecule has 0 aliphatic heterocycles. The van der Waals surface area contributed by atoms with E-state index >= 15 is 0 Å². The van der Waals surface area contributed by atoms with Gasteiger partial charge in [0.05, 0.1) is 13.7 Å². The number of carbonyl (C=O) groups is 1. The van der Waals surface area contributed by atoms with Crippen LogP contribution in [0, 0.1) is 0 Å². The van der Waals surface area contributed by atoms with Crippen LogP contribution in [0.5, 0.6) is 5.88 Å². The predicted octanol–water partition coefficient (Wildman–Crippen LogP) is -0.335. The molecule has 1 amide bonds. The van der Waals surface area contributed by atoms with Crippen LogP contribution in [0.4, 0.5) is 0 Å². The third-order valence-corrected chi connectivity index (χ3v) is 1.68. The van der Waals surface area contributed by atoms with Crippen LogP contribution in [0.15, 0.2) is 18.3 Å². The average Bonchev–Trinajstić information content (AvgIpc) is 2.26. The van der Waals surface area contributed by atoms with Crippen LogP contribution >= 0.6 is 0 Å². The van der Waals surface area contributed by atoms with E-state index in [0.29, 0.717) is 12.4 Å². The standard InChI is InChI=1S/C9H13N3O2/c1-14-9-3-2-7(6-12-9)5-11-8(13)4-10/h2-3,6H,4-5,10H2,1H3,(H,11,13). The van der Waals surface area contributed by atoms with Crippen LogP contribution in [-0.4, -0.2) is 24.5 Å². The van der Waals surface area contributed by atoms with Crippen LogP contribution in [0.1, 0.15) is 5.56 Å². The van der Waals surface area contributed by atoms with E-state index in [2.05, 4.69) is 10.3 Å².